The highest BCUT2D eigenvalue weighted by molar-refractivity contribution is 9.09. The Balaban J connectivity index is 2.03. The first kappa shape index (κ1) is 15.6. The van der Waals surface area contributed by atoms with Crippen LogP contribution in [0.1, 0.15) is 23.6 Å². The minimum absolute atomic E-state index is 0.572. The van der Waals surface area contributed by atoms with Crippen LogP contribution in [0, 0.1) is 5.92 Å². The lowest BCUT2D eigenvalue weighted by molar-refractivity contribution is 0.591. The molecule has 20 heavy (non-hydrogen) atoms. The number of rotatable bonds is 6. The highest BCUT2D eigenvalue weighted by Crippen LogP contribution is 2.22. The Labute approximate surface area is 135 Å². The molecule has 0 radical (unpaired) electrons. The van der Waals surface area contributed by atoms with Gasteiger partial charge in [0.15, 0.2) is 0 Å². The van der Waals surface area contributed by atoms with Crippen molar-refractivity contribution in [2.24, 2.45) is 5.92 Å². The van der Waals surface area contributed by atoms with Crippen LogP contribution in [0.3, 0.4) is 0 Å². The molecule has 106 valence electrons. The van der Waals surface area contributed by atoms with Gasteiger partial charge in [-0.2, -0.15) is 0 Å². The lowest BCUT2D eigenvalue weighted by atomic mass is 9.93. The summed E-state index contributed by atoms with van der Waals surface area (Å²) < 4.78 is 0. The van der Waals surface area contributed by atoms with Crippen molar-refractivity contribution in [3.05, 3.63) is 70.2 Å². The molecule has 0 aromatic heterocycles. The van der Waals surface area contributed by atoms with Crippen LogP contribution in [-0.2, 0) is 19.3 Å². The van der Waals surface area contributed by atoms with Crippen LogP contribution in [0.25, 0.3) is 0 Å². The second kappa shape index (κ2) is 7.85. The Hall–Kier alpha value is -0.790. The highest BCUT2D eigenvalue weighted by Gasteiger charge is 2.11. The lowest BCUT2D eigenvalue weighted by Gasteiger charge is -2.15. The minimum Gasteiger partial charge on any atom is -0.0925 e. The average molecular weight is 352 g/mol. The van der Waals surface area contributed by atoms with Crippen molar-refractivity contribution in [1.82, 2.24) is 0 Å². The monoisotopic (exact) mass is 350 g/mol. The maximum Gasteiger partial charge on any atom is 0.0438 e. The van der Waals surface area contributed by atoms with E-state index in [0.29, 0.717) is 5.92 Å². The summed E-state index contributed by atoms with van der Waals surface area (Å²) in [5.41, 5.74) is 4.04. The van der Waals surface area contributed by atoms with Crippen molar-refractivity contribution in [3.8, 4) is 0 Å². The fourth-order valence-corrected chi connectivity index (χ4v) is 3.07. The van der Waals surface area contributed by atoms with Crippen LogP contribution in [0.4, 0.5) is 0 Å². The van der Waals surface area contributed by atoms with Crippen molar-refractivity contribution < 1.29 is 0 Å². The number of halogens is 2. The molecule has 0 spiro atoms. The predicted molar refractivity (Wildman–Crippen MR) is 92.0 cm³/mol. The highest BCUT2D eigenvalue weighted by atomic mass is 79.9. The zero-order valence-electron chi connectivity index (χ0n) is 11.8. The summed E-state index contributed by atoms with van der Waals surface area (Å²) in [6, 6.07) is 17.1. The second-order valence-corrected chi connectivity index (χ2v) is 6.24. The van der Waals surface area contributed by atoms with Gasteiger partial charge in [-0.05, 0) is 47.9 Å². The van der Waals surface area contributed by atoms with E-state index in [1.54, 1.807) is 0 Å². The van der Waals surface area contributed by atoms with Crippen LogP contribution < -0.4 is 0 Å². The van der Waals surface area contributed by atoms with E-state index < -0.39 is 0 Å². The van der Waals surface area contributed by atoms with E-state index in [9.17, 15) is 0 Å². The molecule has 1 atom stereocenters. The lowest BCUT2D eigenvalue weighted by Crippen LogP contribution is -2.10. The first-order valence-corrected chi connectivity index (χ1v) is 8.60. The predicted octanol–water partition coefficient (Wildman–Crippen LogP) is 5.70. The molecule has 0 nitrogen and oxygen atoms in total. The first-order valence-electron chi connectivity index (χ1n) is 7.10. The molecule has 2 heteroatoms. The Bertz CT molecular complexity index is 533. The molecule has 2 aromatic carbocycles. The Morgan fingerprint density at radius 1 is 0.950 bits per heavy atom. The van der Waals surface area contributed by atoms with E-state index >= 15 is 0 Å². The molecule has 0 N–H and O–H groups in total. The van der Waals surface area contributed by atoms with Gasteiger partial charge in [0.1, 0.15) is 0 Å². The van der Waals surface area contributed by atoms with Crippen LogP contribution in [-0.4, -0.2) is 5.33 Å². The molecular weight excluding hydrogens is 332 g/mol. The Kier molecular flexibility index (Phi) is 6.12. The van der Waals surface area contributed by atoms with Crippen molar-refractivity contribution >= 4 is 27.5 Å². The molecule has 1 unspecified atom stereocenters. The van der Waals surface area contributed by atoms with Crippen LogP contribution in [0.15, 0.2) is 48.5 Å². The molecule has 2 aromatic rings. The van der Waals surface area contributed by atoms with Crippen molar-refractivity contribution in [1.29, 1.82) is 0 Å². The molecule has 0 bridgehead atoms. The van der Waals surface area contributed by atoms with Crippen molar-refractivity contribution in [2.75, 3.05) is 5.33 Å². The second-order valence-electron chi connectivity index (χ2n) is 5.19. The van der Waals surface area contributed by atoms with Gasteiger partial charge in [-0.3, -0.25) is 0 Å². The summed E-state index contributed by atoms with van der Waals surface area (Å²) in [6.45, 7) is 2.19. The average Bonchev–Trinajstić information content (AvgIpc) is 2.49. The van der Waals surface area contributed by atoms with E-state index in [0.717, 1.165) is 29.6 Å². The maximum atomic E-state index is 6.25. The van der Waals surface area contributed by atoms with Gasteiger partial charge in [0, 0.05) is 10.4 Å². The number of alkyl halides is 1. The molecule has 0 aliphatic heterocycles. The normalized spacial score (nSPS) is 12.3. The maximum absolute atomic E-state index is 6.25. The smallest absolute Gasteiger partial charge is 0.0438 e. The van der Waals surface area contributed by atoms with Gasteiger partial charge in [-0.25, -0.2) is 0 Å². The summed E-state index contributed by atoms with van der Waals surface area (Å²) >= 11 is 9.89. The molecule has 0 aliphatic carbocycles. The summed E-state index contributed by atoms with van der Waals surface area (Å²) in [5, 5.41) is 1.87. The fraction of sp³-hybridized carbons (Fsp3) is 0.333. The Morgan fingerprint density at radius 3 is 2.20 bits per heavy atom. The Morgan fingerprint density at radius 2 is 1.60 bits per heavy atom. The van der Waals surface area contributed by atoms with Gasteiger partial charge < -0.3 is 0 Å². The van der Waals surface area contributed by atoms with E-state index in [1.807, 2.05) is 12.1 Å². The number of aryl methyl sites for hydroxylation is 1. The van der Waals surface area contributed by atoms with Gasteiger partial charge in [-0.1, -0.05) is 76.9 Å². The van der Waals surface area contributed by atoms with Gasteiger partial charge in [0.05, 0.1) is 0 Å². The van der Waals surface area contributed by atoms with Gasteiger partial charge in [0.2, 0.25) is 0 Å². The van der Waals surface area contributed by atoms with Crippen LogP contribution in [0.5, 0.6) is 0 Å². The van der Waals surface area contributed by atoms with Gasteiger partial charge >= 0.3 is 0 Å². The molecule has 0 amide bonds. The summed E-state index contributed by atoms with van der Waals surface area (Å²) in [4.78, 5) is 0. The zero-order chi connectivity index (χ0) is 14.4. The topological polar surface area (TPSA) is 0 Å². The van der Waals surface area contributed by atoms with E-state index in [1.165, 1.54) is 16.7 Å². The zero-order valence-corrected chi connectivity index (χ0v) is 14.1. The molecule has 0 saturated carbocycles. The van der Waals surface area contributed by atoms with E-state index in [2.05, 4.69) is 59.3 Å². The van der Waals surface area contributed by atoms with Crippen molar-refractivity contribution in [3.63, 3.8) is 0 Å². The molecule has 0 aliphatic rings. The van der Waals surface area contributed by atoms with Gasteiger partial charge in [0.25, 0.3) is 0 Å². The summed E-state index contributed by atoms with van der Waals surface area (Å²) in [6.07, 6.45) is 3.20. The minimum atomic E-state index is 0.572. The van der Waals surface area contributed by atoms with Crippen molar-refractivity contribution in [2.45, 2.75) is 26.2 Å². The fourth-order valence-electron chi connectivity index (χ4n) is 2.40. The number of benzene rings is 2. The van der Waals surface area contributed by atoms with Crippen LogP contribution >= 0.6 is 27.5 Å². The summed E-state index contributed by atoms with van der Waals surface area (Å²) in [7, 11) is 0. The summed E-state index contributed by atoms with van der Waals surface area (Å²) in [5.74, 6) is 0.572. The first-order chi connectivity index (χ1) is 9.72. The third-order valence-electron chi connectivity index (χ3n) is 3.64. The standard InChI is InChI=1S/C18H20BrCl/c1-2-14-7-9-15(10-8-14)11-16(13-19)12-17-5-3-4-6-18(17)20/h3-10,16H,2,11-13H2,1H3. The SMILES string of the molecule is CCc1ccc(CC(CBr)Cc2ccccc2Cl)cc1. The van der Waals surface area contributed by atoms with Gasteiger partial charge in [-0.15, -0.1) is 0 Å². The molecule has 0 heterocycles. The number of hydrogen-bond acceptors (Lipinski definition) is 0. The molecule has 0 saturated heterocycles. The van der Waals surface area contributed by atoms with Crippen LogP contribution in [0.2, 0.25) is 5.02 Å². The quantitative estimate of drug-likeness (QED) is 0.586. The molecule has 2 rings (SSSR count). The van der Waals surface area contributed by atoms with E-state index in [-0.39, 0.29) is 0 Å². The third-order valence-corrected chi connectivity index (χ3v) is 4.92. The molecular formula is C18H20BrCl. The largest absolute Gasteiger partial charge is 0.0925 e. The third kappa shape index (κ3) is 4.36. The number of hydrogen-bond donors (Lipinski definition) is 0. The molecule has 0 fully saturated rings. The van der Waals surface area contributed by atoms with E-state index in [4.69, 9.17) is 11.6 Å².